The maximum atomic E-state index is 14.0. The van der Waals surface area contributed by atoms with Crippen LogP contribution in [0.1, 0.15) is 54.9 Å². The van der Waals surface area contributed by atoms with E-state index < -0.39 is 469 Å². The average Bonchev–Trinajstić information content (AvgIpc) is 0.742. The molecule has 12 aliphatic rings. The van der Waals surface area contributed by atoms with Crippen LogP contribution in [0.5, 0.6) is 0 Å². The molecule has 12 fully saturated rings. The van der Waals surface area contributed by atoms with Crippen molar-refractivity contribution in [3.8, 4) is 0 Å². The van der Waals surface area contributed by atoms with Crippen molar-refractivity contribution >= 4 is 29.6 Å². The van der Waals surface area contributed by atoms with Crippen molar-refractivity contribution in [1.29, 1.82) is 0 Å². The lowest BCUT2D eigenvalue weighted by molar-refractivity contribution is -0.401. The Morgan fingerprint density at radius 1 is 0.291 bits per heavy atom. The van der Waals surface area contributed by atoms with E-state index >= 15 is 0 Å². The molecule has 0 aromatic heterocycles. The first-order valence-electron chi connectivity index (χ1n) is 47.4. The summed E-state index contributed by atoms with van der Waals surface area (Å²) in [7, 11) is 0. The highest BCUT2D eigenvalue weighted by Crippen LogP contribution is 2.45. The number of carboxylic acid groups (broad SMARTS) is 1. The van der Waals surface area contributed by atoms with Gasteiger partial charge in [0.2, 0.25) is 23.6 Å². The molecule has 148 heavy (non-hydrogen) atoms. The topological polar surface area (TPSA) is 1010 Å². The normalized spacial score (nSPS) is 49.8. The van der Waals surface area contributed by atoms with Gasteiger partial charge >= 0.3 is 5.97 Å². The number of carbonyl (C=O) groups is 5. The zero-order chi connectivity index (χ0) is 109. The van der Waals surface area contributed by atoms with Gasteiger partial charge in [0, 0.05) is 34.1 Å². The van der Waals surface area contributed by atoms with E-state index in [9.17, 15) is 192 Å². The average molecular weight is 2170 g/mol. The van der Waals surface area contributed by atoms with Crippen molar-refractivity contribution in [3.63, 3.8) is 0 Å². The molecule has 0 aromatic rings. The molecule has 37 N–H and O–H groups in total. The molecular formula is C83H138N4O61. The van der Waals surface area contributed by atoms with E-state index in [0.29, 0.717) is 0 Å². The van der Waals surface area contributed by atoms with Gasteiger partial charge in [-0.25, -0.2) is 4.79 Å². The third kappa shape index (κ3) is 26.2. The molecule has 65 heteroatoms. The van der Waals surface area contributed by atoms with E-state index in [-0.39, 0.29) is 0 Å². The summed E-state index contributed by atoms with van der Waals surface area (Å²) >= 11 is 0. The first-order valence-corrected chi connectivity index (χ1v) is 47.4. The molecule has 12 aliphatic heterocycles. The molecule has 61 atom stereocenters. The van der Waals surface area contributed by atoms with Gasteiger partial charge in [-0.05, 0) is 20.8 Å². The molecule has 0 saturated carbocycles. The third-order valence-corrected chi connectivity index (χ3v) is 27.5. The number of aliphatic hydroxyl groups is 32. The van der Waals surface area contributed by atoms with Crippen molar-refractivity contribution in [2.75, 3.05) is 59.5 Å². The van der Waals surface area contributed by atoms with Crippen LogP contribution in [0, 0.1) is 0 Å². The van der Waals surface area contributed by atoms with Crippen LogP contribution in [0.3, 0.4) is 0 Å². The van der Waals surface area contributed by atoms with Gasteiger partial charge in [0.1, 0.15) is 268 Å². The standard InChI is InChI=1S/C83H138N4O61/c1-18-39(102)48(111)54(117)75(127-18)139-62-33(16-95)136-74(38(87-24(7)99)66(62)143-80-59(122)69(46(109)30(13-92)133-80)148-83(82(124)125)8-25(100)35(84-21(4)96)64(147-83)42(105)26(101)9-88)145-68-47(110)34(137-79(58(68)121)138-60-31(14-93)130-71(123)53(116)52(60)115)17-126-72-37(86-23(6)98)65(142-76-55(118)49(112)40(103)19(2)128-76)61(32(15-94)135-72)140-78-57(120)67(45(108)29(12-91)132-78)144-73-36(85-22(5)97)63(44(107)28(11-90)131-73)141-81-70(51(114)43(106)27(10-89)134-81)146-77-56(119)50(113)41(104)20(3)129-77/h18-20,25-81,88-95,100-123H,8-17H2,1-7H3,(H,84,96)(H,85,97)(H,86,98)(H,87,99)(H,124,125)/t18-,19-,20-,25-,26+,27+,28+,29+,30+,31+,32+,33+,34+,35+,36+,37+,38+,39+,40+,41+,42+,43-,44+,45-,46-,47-,48+,49+,50+,51-,52+,53+,54-,55-,56-,57+,58+,59+,60+,61+,62+,63+,64+,65+,66+,67-,68-,69-,70+,71?,72+,73-,74-,75-,76-,77-,78-,79-,80-,81-,83-/m0/s1. The van der Waals surface area contributed by atoms with Crippen LogP contribution < -0.4 is 21.3 Å². The van der Waals surface area contributed by atoms with Crippen LogP contribution in [-0.4, -0.2) is 631 Å². The minimum atomic E-state index is -3.45. The second kappa shape index (κ2) is 52.1. The van der Waals surface area contributed by atoms with Gasteiger partial charge in [-0.3, -0.25) is 19.2 Å². The van der Waals surface area contributed by atoms with Crippen LogP contribution in [-0.2, 0) is 133 Å². The quantitative estimate of drug-likeness (QED) is 0.0273. The van der Waals surface area contributed by atoms with Gasteiger partial charge in [0.15, 0.2) is 69.2 Å². The summed E-state index contributed by atoms with van der Waals surface area (Å²) in [5.74, 6) is -9.90. The Kier molecular flexibility index (Phi) is 42.9. The molecule has 12 heterocycles. The molecule has 0 radical (unpaired) electrons. The maximum Gasteiger partial charge on any atom is 0.364 e. The number of ether oxygens (including phenoxy) is 23. The van der Waals surface area contributed by atoms with E-state index in [1.165, 1.54) is 20.8 Å². The van der Waals surface area contributed by atoms with E-state index in [4.69, 9.17) is 109 Å². The molecule has 0 aliphatic carbocycles. The fourth-order valence-corrected chi connectivity index (χ4v) is 19.4. The van der Waals surface area contributed by atoms with Crippen LogP contribution in [0.2, 0.25) is 0 Å². The van der Waals surface area contributed by atoms with Gasteiger partial charge in [0.05, 0.1) is 89.9 Å². The van der Waals surface area contributed by atoms with Crippen LogP contribution >= 0.6 is 0 Å². The number of carbonyl (C=O) groups excluding carboxylic acids is 4. The van der Waals surface area contributed by atoms with E-state index in [1.807, 2.05) is 0 Å². The SMILES string of the molecule is CC(=O)N[C@H]1[C@H](O[C@H]2[C@@H](O)[C@@H](CO[C@@H]3O[C@H](CO)[C@@H](O[C@@H]4O[C@H](CO)[C@H](O)[C@H](O[C@@H]5O[C@H](CO)[C@@H](O)[C@H](O[C@@H]6O[C@H](CO)[C@H](O)[C@H](O)[C@H]6O[C@@H]6O[C@@H](C)[C@@H](O)[C@@H](O)[C@@H]6O)[C@H]5NC(C)=O)[C@H]4O)[C@H](O[C@@H]4O[C@@H](C)[C@@H](O)[C@@H](O)[C@@H]4O)[C@H]3NC(C)=O)O[C@@H](O[C@H]3[C@H](O)[C@@H](O)C(O)O[C@@H]3CO)[C@@H]2O)O[C@H](CO)[C@@H](O[C@@H]2O[C@@H](C)[C@@H](O)[C@@H](O)[C@@H]2O)[C@@H]1O[C@@H]1O[C@H](CO)[C@H](O)[C@H](O[C@]2(C(=O)O)C[C@H](O)[C@@H](NC(C)=O)[C@H]([C@H](O)[C@H](O)CO)O2)[C@H]1O. The number of aliphatic carboxylic acids is 1. The minimum Gasteiger partial charge on any atom is -0.477 e. The number of hydrogen-bond donors (Lipinski definition) is 37. The Morgan fingerprint density at radius 3 is 1.01 bits per heavy atom. The number of amides is 4. The van der Waals surface area contributed by atoms with Crippen molar-refractivity contribution in [1.82, 2.24) is 21.3 Å². The molecule has 0 aromatic carbocycles. The van der Waals surface area contributed by atoms with Gasteiger partial charge in [-0.1, -0.05) is 0 Å². The van der Waals surface area contributed by atoms with Gasteiger partial charge < -0.3 is 299 Å². The molecule has 1 unspecified atom stereocenters. The molecule has 856 valence electrons. The predicted octanol–water partition coefficient (Wildman–Crippen LogP) is -24.3. The van der Waals surface area contributed by atoms with Crippen molar-refractivity contribution in [3.05, 3.63) is 0 Å². The van der Waals surface area contributed by atoms with Gasteiger partial charge in [-0.2, -0.15) is 0 Å². The molecule has 0 bridgehead atoms. The lowest BCUT2D eigenvalue weighted by Gasteiger charge is -2.52. The third-order valence-electron chi connectivity index (χ3n) is 27.5. The maximum absolute atomic E-state index is 14.0. The Labute approximate surface area is 837 Å². The van der Waals surface area contributed by atoms with Crippen molar-refractivity contribution < 1.29 is 301 Å². The Morgan fingerprint density at radius 2 is 0.595 bits per heavy atom. The first-order chi connectivity index (χ1) is 69.8. The molecule has 12 rings (SSSR count). The summed E-state index contributed by atoms with van der Waals surface area (Å²) in [5.41, 5.74) is 0. The van der Waals surface area contributed by atoms with E-state index in [2.05, 4.69) is 21.3 Å². The second-order valence-electron chi connectivity index (χ2n) is 38.0. The fourth-order valence-electron chi connectivity index (χ4n) is 19.4. The smallest absolute Gasteiger partial charge is 0.364 e. The Hall–Kier alpha value is -4.85. The first kappa shape index (κ1) is 122. The monoisotopic (exact) mass is 2170 g/mol. The Balaban J connectivity index is 0.887. The second-order valence-corrected chi connectivity index (χ2v) is 38.0. The molecule has 0 spiro atoms. The van der Waals surface area contributed by atoms with Crippen molar-refractivity contribution in [2.24, 2.45) is 0 Å². The van der Waals surface area contributed by atoms with Crippen LogP contribution in [0.4, 0.5) is 0 Å². The van der Waals surface area contributed by atoms with Gasteiger partial charge in [0.25, 0.3) is 5.79 Å². The van der Waals surface area contributed by atoms with E-state index in [1.54, 1.807) is 0 Å². The minimum absolute atomic E-state index is 0.814. The molecule has 65 nitrogen and oxygen atoms in total. The summed E-state index contributed by atoms with van der Waals surface area (Å²) in [6, 6.07) is -8.33. The summed E-state index contributed by atoms with van der Waals surface area (Å²) < 4.78 is 139. The summed E-state index contributed by atoms with van der Waals surface area (Å²) in [5, 5.41) is 383. The Bertz CT molecular complexity index is 4190. The van der Waals surface area contributed by atoms with Crippen molar-refractivity contribution in [2.45, 2.75) is 429 Å². The summed E-state index contributed by atoms with van der Waals surface area (Å²) in [6.07, 6.45) is -125. The number of aliphatic hydroxyl groups excluding tert-OH is 32. The largest absolute Gasteiger partial charge is 0.477 e. The summed E-state index contributed by atoms with van der Waals surface area (Å²) in [4.78, 5) is 67.4. The summed E-state index contributed by atoms with van der Waals surface area (Å²) in [6.45, 7) is -4.33. The number of rotatable bonds is 38. The predicted molar refractivity (Wildman–Crippen MR) is 454 cm³/mol. The van der Waals surface area contributed by atoms with Crippen LogP contribution in [0.15, 0.2) is 0 Å². The van der Waals surface area contributed by atoms with Crippen LogP contribution in [0.25, 0.3) is 0 Å². The molecule has 12 saturated heterocycles. The highest BCUT2D eigenvalue weighted by Gasteiger charge is 2.66. The zero-order valence-corrected chi connectivity index (χ0v) is 79.9. The number of hydrogen-bond acceptors (Lipinski definition) is 60. The number of nitrogens with one attached hydrogen (secondary N) is 4. The molecule has 4 amide bonds. The number of carboxylic acids is 1. The van der Waals surface area contributed by atoms with Gasteiger partial charge in [-0.15, -0.1) is 0 Å². The molecular weight excluding hydrogens is 2030 g/mol. The lowest BCUT2D eigenvalue weighted by atomic mass is 9.88. The lowest BCUT2D eigenvalue weighted by Crippen LogP contribution is -2.72. The van der Waals surface area contributed by atoms with E-state index in [0.717, 1.165) is 27.7 Å². The highest BCUT2D eigenvalue weighted by atomic mass is 16.8. The zero-order valence-electron chi connectivity index (χ0n) is 79.9. The fraction of sp³-hybridized carbons (Fsp3) is 0.940. The highest BCUT2D eigenvalue weighted by molar-refractivity contribution is 5.77.